The molecule has 2 aliphatic heterocycles. The quantitative estimate of drug-likeness (QED) is 0.308. The Kier molecular flexibility index (Phi) is 9.19. The van der Waals surface area contributed by atoms with E-state index in [0.717, 1.165) is 42.9 Å². The fourth-order valence-corrected chi connectivity index (χ4v) is 5.32. The zero-order chi connectivity index (χ0) is 28.7. The summed E-state index contributed by atoms with van der Waals surface area (Å²) in [5, 5.41) is 12.8. The second-order valence-electron chi connectivity index (χ2n) is 11.8. The number of carbonyl (C=O) groups is 1. The predicted octanol–water partition coefficient (Wildman–Crippen LogP) is 6.60. The van der Waals surface area contributed by atoms with Gasteiger partial charge in [0.15, 0.2) is 0 Å². The van der Waals surface area contributed by atoms with Gasteiger partial charge in [0, 0.05) is 36.6 Å². The van der Waals surface area contributed by atoms with Crippen LogP contribution in [0.3, 0.4) is 0 Å². The number of likely N-dealkylation sites (tertiary alicyclic amines) is 1. The average molecular weight is 555 g/mol. The van der Waals surface area contributed by atoms with Crippen molar-refractivity contribution in [2.45, 2.75) is 64.1 Å². The Bertz CT molecular complexity index is 1360. The topological polar surface area (TPSA) is 77.2 Å². The largest absolute Gasteiger partial charge is 0.444 e. The molecule has 0 unspecified atom stereocenters. The summed E-state index contributed by atoms with van der Waals surface area (Å²) in [5.74, 6) is 0. The standard InChI is InChI=1S/C19H25N3O2.C14H17N3/c1-19(2,3)24-18(23)21-12-9-16(10-13-21)22-14-11-17(20-22)15-7-5-4-6-8-15;1-2-4-12(5-3-1)14-8-11-17(16-14)13-6-9-15-10-7-13/h4-8,11,14,16H,9-10,12-13H2,1-3H3;1-5,8,11,13,15H,6-7,9-10H2. The summed E-state index contributed by atoms with van der Waals surface area (Å²) < 4.78 is 9.61. The maximum Gasteiger partial charge on any atom is 0.410 e. The van der Waals surface area contributed by atoms with Gasteiger partial charge in [0.1, 0.15) is 5.60 Å². The first-order chi connectivity index (χ1) is 19.9. The highest BCUT2D eigenvalue weighted by Gasteiger charge is 2.28. The third-order valence-corrected chi connectivity index (χ3v) is 7.53. The second kappa shape index (κ2) is 13.2. The molecule has 6 rings (SSSR count). The van der Waals surface area contributed by atoms with Crippen LogP contribution in [0.25, 0.3) is 22.5 Å². The van der Waals surface area contributed by atoms with E-state index in [0.29, 0.717) is 25.2 Å². The SMILES string of the molecule is CC(C)(C)OC(=O)N1CCC(n2ccc(-c3ccccc3)n2)CC1.c1ccc(-c2ccn(C3CCNCC3)n2)cc1. The lowest BCUT2D eigenvalue weighted by Crippen LogP contribution is -2.42. The Hall–Kier alpha value is -3.91. The van der Waals surface area contributed by atoms with Crippen LogP contribution in [0.15, 0.2) is 85.2 Å². The van der Waals surface area contributed by atoms with E-state index in [-0.39, 0.29) is 6.09 Å². The number of nitrogens with zero attached hydrogens (tertiary/aromatic N) is 5. The number of aromatic nitrogens is 4. The maximum absolute atomic E-state index is 12.1. The first-order valence-electron chi connectivity index (χ1n) is 14.8. The lowest BCUT2D eigenvalue weighted by Gasteiger charge is -2.33. The van der Waals surface area contributed by atoms with Gasteiger partial charge in [-0.05, 0) is 71.7 Å². The van der Waals surface area contributed by atoms with Crippen LogP contribution in [-0.4, -0.2) is 62.3 Å². The number of hydrogen-bond acceptors (Lipinski definition) is 5. The van der Waals surface area contributed by atoms with Gasteiger partial charge in [-0.2, -0.15) is 10.2 Å². The highest BCUT2D eigenvalue weighted by Crippen LogP contribution is 2.26. The van der Waals surface area contributed by atoms with Crippen molar-refractivity contribution in [3.8, 4) is 22.5 Å². The van der Waals surface area contributed by atoms with Gasteiger partial charge in [-0.15, -0.1) is 0 Å². The van der Waals surface area contributed by atoms with Crippen molar-refractivity contribution in [2.24, 2.45) is 0 Å². The highest BCUT2D eigenvalue weighted by atomic mass is 16.6. The molecule has 4 aromatic rings. The summed E-state index contributed by atoms with van der Waals surface area (Å²) >= 11 is 0. The fourth-order valence-electron chi connectivity index (χ4n) is 5.32. The summed E-state index contributed by atoms with van der Waals surface area (Å²) in [6, 6.07) is 25.6. The van der Waals surface area contributed by atoms with E-state index in [1.807, 2.05) is 55.9 Å². The number of ether oxygens (including phenoxy) is 1. The Balaban J connectivity index is 0.000000174. The Morgan fingerprint density at radius 3 is 1.66 bits per heavy atom. The Morgan fingerprint density at radius 2 is 1.20 bits per heavy atom. The molecule has 8 nitrogen and oxygen atoms in total. The summed E-state index contributed by atoms with van der Waals surface area (Å²) in [7, 11) is 0. The molecule has 8 heteroatoms. The molecule has 216 valence electrons. The number of hydrogen-bond donors (Lipinski definition) is 1. The van der Waals surface area contributed by atoms with Crippen LogP contribution in [0.1, 0.15) is 58.5 Å². The van der Waals surface area contributed by atoms with Crippen LogP contribution in [0.5, 0.6) is 0 Å². The van der Waals surface area contributed by atoms with E-state index < -0.39 is 5.60 Å². The van der Waals surface area contributed by atoms with Crippen LogP contribution in [0.2, 0.25) is 0 Å². The molecule has 0 atom stereocenters. The van der Waals surface area contributed by atoms with Crippen molar-refractivity contribution in [3.05, 3.63) is 85.2 Å². The molecule has 0 saturated carbocycles. The van der Waals surface area contributed by atoms with Crippen molar-refractivity contribution in [2.75, 3.05) is 26.2 Å². The molecular formula is C33H42N6O2. The maximum atomic E-state index is 12.1. The van der Waals surface area contributed by atoms with Gasteiger partial charge in [-0.1, -0.05) is 60.7 Å². The van der Waals surface area contributed by atoms with Crippen LogP contribution >= 0.6 is 0 Å². The zero-order valence-corrected chi connectivity index (χ0v) is 24.4. The van der Waals surface area contributed by atoms with E-state index in [9.17, 15) is 4.79 Å². The molecule has 2 aliphatic rings. The minimum atomic E-state index is -0.444. The van der Waals surface area contributed by atoms with Gasteiger partial charge in [0.2, 0.25) is 0 Å². The molecule has 0 spiro atoms. The number of amides is 1. The molecule has 2 aromatic carbocycles. The third-order valence-electron chi connectivity index (χ3n) is 7.53. The molecule has 0 radical (unpaired) electrons. The normalized spacial score (nSPS) is 16.6. The average Bonchev–Trinajstić information content (AvgIpc) is 3.69. The van der Waals surface area contributed by atoms with Crippen LogP contribution in [0, 0.1) is 0 Å². The summed E-state index contributed by atoms with van der Waals surface area (Å²) in [6.45, 7) is 9.31. The summed E-state index contributed by atoms with van der Waals surface area (Å²) in [5.41, 5.74) is 3.94. The number of carbonyl (C=O) groups excluding carboxylic acids is 1. The molecule has 41 heavy (non-hydrogen) atoms. The Labute approximate surface area is 243 Å². The van der Waals surface area contributed by atoms with Crippen molar-refractivity contribution in [1.29, 1.82) is 0 Å². The Morgan fingerprint density at radius 1 is 0.732 bits per heavy atom. The first-order valence-corrected chi connectivity index (χ1v) is 14.8. The van der Waals surface area contributed by atoms with E-state index in [1.165, 1.54) is 18.4 Å². The van der Waals surface area contributed by atoms with E-state index in [2.05, 4.69) is 64.7 Å². The first kappa shape index (κ1) is 28.6. The van der Waals surface area contributed by atoms with Crippen molar-refractivity contribution in [1.82, 2.24) is 29.8 Å². The van der Waals surface area contributed by atoms with Crippen molar-refractivity contribution < 1.29 is 9.53 Å². The van der Waals surface area contributed by atoms with Crippen molar-refractivity contribution in [3.63, 3.8) is 0 Å². The lowest BCUT2D eigenvalue weighted by atomic mass is 10.1. The van der Waals surface area contributed by atoms with Gasteiger partial charge >= 0.3 is 6.09 Å². The van der Waals surface area contributed by atoms with Gasteiger partial charge < -0.3 is 15.0 Å². The molecule has 0 aliphatic carbocycles. The molecular weight excluding hydrogens is 512 g/mol. The molecule has 4 heterocycles. The zero-order valence-electron chi connectivity index (χ0n) is 24.4. The van der Waals surface area contributed by atoms with Crippen LogP contribution < -0.4 is 5.32 Å². The number of rotatable bonds is 4. The minimum Gasteiger partial charge on any atom is -0.444 e. The monoisotopic (exact) mass is 554 g/mol. The van der Waals surface area contributed by atoms with Crippen LogP contribution in [-0.2, 0) is 4.74 Å². The van der Waals surface area contributed by atoms with Crippen LogP contribution in [0.4, 0.5) is 4.79 Å². The molecule has 0 bridgehead atoms. The van der Waals surface area contributed by atoms with Gasteiger partial charge in [0.05, 0.1) is 23.5 Å². The van der Waals surface area contributed by atoms with E-state index >= 15 is 0 Å². The smallest absolute Gasteiger partial charge is 0.410 e. The number of benzene rings is 2. The summed E-state index contributed by atoms with van der Waals surface area (Å²) in [6.07, 6.45) is 8.08. The second-order valence-corrected chi connectivity index (χ2v) is 11.8. The van der Waals surface area contributed by atoms with Crippen molar-refractivity contribution >= 4 is 6.09 Å². The lowest BCUT2D eigenvalue weighted by molar-refractivity contribution is 0.0185. The highest BCUT2D eigenvalue weighted by molar-refractivity contribution is 5.68. The van der Waals surface area contributed by atoms with Gasteiger partial charge in [0.25, 0.3) is 0 Å². The molecule has 1 amide bonds. The van der Waals surface area contributed by atoms with E-state index in [4.69, 9.17) is 14.9 Å². The summed E-state index contributed by atoms with van der Waals surface area (Å²) in [4.78, 5) is 13.9. The predicted molar refractivity (Wildman–Crippen MR) is 163 cm³/mol. The van der Waals surface area contributed by atoms with Gasteiger partial charge in [-0.25, -0.2) is 4.79 Å². The third kappa shape index (κ3) is 7.85. The number of piperidine rings is 2. The number of nitrogens with one attached hydrogen (secondary N) is 1. The minimum absolute atomic E-state index is 0.216. The van der Waals surface area contributed by atoms with E-state index in [1.54, 1.807) is 4.90 Å². The van der Waals surface area contributed by atoms with Gasteiger partial charge in [-0.3, -0.25) is 9.36 Å². The molecule has 2 fully saturated rings. The molecule has 2 saturated heterocycles. The fraction of sp³-hybridized carbons (Fsp3) is 0.424. The molecule has 2 aromatic heterocycles. The molecule has 1 N–H and O–H groups in total.